The van der Waals surface area contributed by atoms with E-state index in [1.54, 1.807) is 13.1 Å². The number of nitrogens with one attached hydrogen (secondary N) is 2. The van der Waals surface area contributed by atoms with Crippen LogP contribution in [0.1, 0.15) is 30.0 Å². The standard InChI is InChI=1S/C18H17N3O3/c1-2-23-17(22)8-15-18-12(11-5-3-4-6-13(11)21-18)7-14(20-15)16-9-19-10-24-16/h3-6,8-10,14,20-21H,2,7H2,1H3/b15-8-/t14-/m0/s1. The number of hydrogen-bond donors (Lipinski definition) is 2. The van der Waals surface area contributed by atoms with Gasteiger partial charge in [-0.05, 0) is 18.6 Å². The fraction of sp³-hybridized carbons (Fsp3) is 0.222. The molecule has 122 valence electrons. The van der Waals surface area contributed by atoms with Crippen LogP contribution in [0.15, 0.2) is 47.3 Å². The first-order valence-electron chi connectivity index (χ1n) is 7.89. The van der Waals surface area contributed by atoms with Gasteiger partial charge in [0.15, 0.2) is 6.39 Å². The summed E-state index contributed by atoms with van der Waals surface area (Å²) in [6.45, 7) is 2.13. The molecule has 6 nitrogen and oxygen atoms in total. The van der Waals surface area contributed by atoms with Crippen molar-refractivity contribution in [2.24, 2.45) is 0 Å². The summed E-state index contributed by atoms with van der Waals surface area (Å²) in [4.78, 5) is 19.3. The maximum Gasteiger partial charge on any atom is 0.332 e. The fourth-order valence-corrected chi connectivity index (χ4v) is 3.14. The summed E-state index contributed by atoms with van der Waals surface area (Å²) < 4.78 is 10.5. The second kappa shape index (κ2) is 5.88. The molecule has 3 heterocycles. The Morgan fingerprint density at radius 2 is 2.33 bits per heavy atom. The van der Waals surface area contributed by atoms with Crippen molar-refractivity contribution in [3.05, 3.63) is 59.9 Å². The van der Waals surface area contributed by atoms with E-state index in [0.717, 1.165) is 34.3 Å². The van der Waals surface area contributed by atoms with E-state index in [4.69, 9.17) is 9.15 Å². The molecule has 4 rings (SSSR count). The minimum atomic E-state index is -0.372. The van der Waals surface area contributed by atoms with Crippen LogP contribution in [0.25, 0.3) is 16.6 Å². The van der Waals surface area contributed by atoms with Crippen LogP contribution in [0.5, 0.6) is 0 Å². The second-order valence-electron chi connectivity index (χ2n) is 5.64. The number of aromatic amines is 1. The molecular weight excluding hydrogens is 306 g/mol. The molecule has 1 aliphatic heterocycles. The van der Waals surface area contributed by atoms with Crippen LogP contribution in [0, 0.1) is 0 Å². The first kappa shape index (κ1) is 14.6. The highest BCUT2D eigenvalue weighted by Gasteiger charge is 2.28. The first-order chi connectivity index (χ1) is 11.8. The average Bonchev–Trinajstić information content (AvgIpc) is 3.23. The number of nitrogens with zero attached hydrogens (tertiary/aromatic N) is 1. The highest BCUT2D eigenvalue weighted by atomic mass is 16.5. The average molecular weight is 323 g/mol. The SMILES string of the molecule is CCOC(=O)/C=C1\N[C@H](c2cnco2)Cc2c1[nH]c1ccccc21. The normalized spacial score (nSPS) is 18.4. The van der Waals surface area contributed by atoms with Gasteiger partial charge >= 0.3 is 5.97 Å². The third kappa shape index (κ3) is 2.46. The Kier molecular flexibility index (Phi) is 3.57. The number of para-hydroxylation sites is 1. The Labute approximate surface area is 138 Å². The zero-order valence-corrected chi connectivity index (χ0v) is 13.2. The van der Waals surface area contributed by atoms with Crippen molar-refractivity contribution >= 4 is 22.6 Å². The predicted octanol–water partition coefficient (Wildman–Crippen LogP) is 2.95. The van der Waals surface area contributed by atoms with Gasteiger partial charge in [-0.2, -0.15) is 0 Å². The van der Waals surface area contributed by atoms with E-state index >= 15 is 0 Å². The van der Waals surface area contributed by atoms with Crippen LogP contribution < -0.4 is 5.32 Å². The van der Waals surface area contributed by atoms with Crippen LogP contribution in [-0.2, 0) is 16.0 Å². The molecule has 0 spiro atoms. The summed E-state index contributed by atoms with van der Waals surface area (Å²) in [6.07, 6.45) is 5.34. The number of oxazole rings is 1. The number of aromatic nitrogens is 2. The zero-order valence-electron chi connectivity index (χ0n) is 13.2. The number of ether oxygens (including phenoxy) is 1. The van der Waals surface area contributed by atoms with Crippen LogP contribution in [-0.4, -0.2) is 22.5 Å². The van der Waals surface area contributed by atoms with Crippen molar-refractivity contribution in [1.82, 2.24) is 15.3 Å². The van der Waals surface area contributed by atoms with Gasteiger partial charge in [0.2, 0.25) is 0 Å². The van der Waals surface area contributed by atoms with Crippen LogP contribution in [0.2, 0.25) is 0 Å². The lowest BCUT2D eigenvalue weighted by Gasteiger charge is -2.25. The number of esters is 1. The molecule has 0 saturated heterocycles. The Morgan fingerprint density at radius 1 is 1.46 bits per heavy atom. The summed E-state index contributed by atoms with van der Waals surface area (Å²) in [5.41, 5.74) is 3.81. The van der Waals surface area contributed by atoms with Crippen molar-refractivity contribution in [2.45, 2.75) is 19.4 Å². The topological polar surface area (TPSA) is 80.2 Å². The molecule has 0 amide bonds. The fourth-order valence-electron chi connectivity index (χ4n) is 3.14. The third-order valence-corrected chi connectivity index (χ3v) is 4.16. The molecule has 3 aromatic rings. The number of fused-ring (bicyclic) bond motifs is 3. The molecule has 0 fully saturated rings. The van der Waals surface area contributed by atoms with Gasteiger partial charge in [-0.3, -0.25) is 0 Å². The predicted molar refractivity (Wildman–Crippen MR) is 89.0 cm³/mol. The summed E-state index contributed by atoms with van der Waals surface area (Å²) in [7, 11) is 0. The number of H-pyrrole nitrogens is 1. The van der Waals surface area contributed by atoms with Gasteiger partial charge in [-0.15, -0.1) is 0 Å². The number of hydrogen-bond acceptors (Lipinski definition) is 5. The Bertz CT molecular complexity index is 909. The smallest absolute Gasteiger partial charge is 0.332 e. The van der Waals surface area contributed by atoms with Gasteiger partial charge in [0.05, 0.1) is 30.2 Å². The number of benzene rings is 1. The van der Waals surface area contributed by atoms with E-state index in [-0.39, 0.29) is 12.0 Å². The van der Waals surface area contributed by atoms with Gasteiger partial charge < -0.3 is 19.5 Å². The molecule has 24 heavy (non-hydrogen) atoms. The molecule has 0 bridgehead atoms. The van der Waals surface area contributed by atoms with E-state index in [1.165, 1.54) is 12.5 Å². The van der Waals surface area contributed by atoms with E-state index in [9.17, 15) is 4.79 Å². The summed E-state index contributed by atoms with van der Waals surface area (Å²) >= 11 is 0. The van der Waals surface area contributed by atoms with E-state index < -0.39 is 0 Å². The molecule has 0 aliphatic carbocycles. The maximum absolute atomic E-state index is 11.9. The van der Waals surface area contributed by atoms with Crippen molar-refractivity contribution in [2.75, 3.05) is 6.61 Å². The highest BCUT2D eigenvalue weighted by Crippen LogP contribution is 2.35. The first-order valence-corrected chi connectivity index (χ1v) is 7.89. The molecule has 2 aromatic heterocycles. The van der Waals surface area contributed by atoms with Crippen LogP contribution in [0.3, 0.4) is 0 Å². The molecule has 1 aromatic carbocycles. The number of carbonyl (C=O) groups is 1. The molecule has 6 heteroatoms. The van der Waals surface area contributed by atoms with Crippen molar-refractivity contribution < 1.29 is 13.9 Å². The van der Waals surface area contributed by atoms with E-state index in [0.29, 0.717) is 12.3 Å². The van der Waals surface area contributed by atoms with Crippen molar-refractivity contribution in [3.8, 4) is 0 Å². The van der Waals surface area contributed by atoms with Gasteiger partial charge in [-0.1, -0.05) is 18.2 Å². The summed E-state index contributed by atoms with van der Waals surface area (Å²) in [5, 5.41) is 4.50. The highest BCUT2D eigenvalue weighted by molar-refractivity contribution is 5.95. The lowest BCUT2D eigenvalue weighted by atomic mass is 9.95. The lowest BCUT2D eigenvalue weighted by Crippen LogP contribution is -2.27. The Morgan fingerprint density at radius 3 is 3.12 bits per heavy atom. The Hall–Kier alpha value is -3.02. The Balaban J connectivity index is 1.83. The monoisotopic (exact) mass is 323 g/mol. The molecule has 1 atom stereocenters. The maximum atomic E-state index is 11.9. The largest absolute Gasteiger partial charge is 0.463 e. The van der Waals surface area contributed by atoms with Gasteiger partial charge in [0, 0.05) is 23.4 Å². The molecular formula is C18H17N3O3. The molecule has 0 saturated carbocycles. The summed E-state index contributed by atoms with van der Waals surface area (Å²) in [5.74, 6) is 0.364. The van der Waals surface area contributed by atoms with Crippen LogP contribution >= 0.6 is 0 Å². The van der Waals surface area contributed by atoms with Gasteiger partial charge in [0.25, 0.3) is 0 Å². The quantitative estimate of drug-likeness (QED) is 0.572. The molecule has 1 aliphatic rings. The van der Waals surface area contributed by atoms with E-state index in [2.05, 4.69) is 21.4 Å². The van der Waals surface area contributed by atoms with Gasteiger partial charge in [0.1, 0.15) is 5.76 Å². The van der Waals surface area contributed by atoms with E-state index in [1.807, 2.05) is 18.2 Å². The lowest BCUT2D eigenvalue weighted by molar-refractivity contribution is -0.137. The van der Waals surface area contributed by atoms with Crippen LogP contribution in [0.4, 0.5) is 0 Å². The zero-order chi connectivity index (χ0) is 16.5. The molecule has 0 unspecified atom stereocenters. The third-order valence-electron chi connectivity index (χ3n) is 4.16. The molecule has 0 radical (unpaired) electrons. The van der Waals surface area contributed by atoms with Crippen molar-refractivity contribution in [3.63, 3.8) is 0 Å². The number of carbonyl (C=O) groups excluding carboxylic acids is 1. The van der Waals surface area contributed by atoms with Gasteiger partial charge in [-0.25, -0.2) is 9.78 Å². The minimum absolute atomic E-state index is 0.0834. The van der Waals surface area contributed by atoms with Crippen molar-refractivity contribution in [1.29, 1.82) is 0 Å². The minimum Gasteiger partial charge on any atom is -0.463 e. The second-order valence-corrected chi connectivity index (χ2v) is 5.64. The molecule has 2 N–H and O–H groups in total. The summed E-state index contributed by atoms with van der Waals surface area (Å²) in [6, 6.07) is 8.02. The number of rotatable bonds is 3.